The Morgan fingerprint density at radius 3 is 2.59 bits per heavy atom. The number of nitrogens with two attached hydrogens (primary N) is 1. The quantitative estimate of drug-likeness (QED) is 0.873. The van der Waals surface area contributed by atoms with Crippen molar-refractivity contribution in [2.24, 2.45) is 5.73 Å². The predicted octanol–water partition coefficient (Wildman–Crippen LogP) is 3.22. The van der Waals surface area contributed by atoms with Crippen LogP contribution in [0.25, 0.3) is 0 Å². The van der Waals surface area contributed by atoms with Gasteiger partial charge >= 0.3 is 0 Å². The summed E-state index contributed by atoms with van der Waals surface area (Å²) in [5.74, 6) is -0.158. The van der Waals surface area contributed by atoms with E-state index in [1.807, 2.05) is 20.0 Å². The fourth-order valence-corrected chi connectivity index (χ4v) is 2.75. The van der Waals surface area contributed by atoms with Crippen molar-refractivity contribution in [3.05, 3.63) is 29.6 Å². The van der Waals surface area contributed by atoms with Gasteiger partial charge < -0.3 is 10.6 Å². The SMILES string of the molecule is CC(N)c1cccc(F)c1N(C)C1CCCC1. The zero-order valence-corrected chi connectivity index (χ0v) is 10.6. The Morgan fingerprint density at radius 1 is 1.35 bits per heavy atom. The molecule has 1 aliphatic rings. The maximum Gasteiger partial charge on any atom is 0.146 e. The van der Waals surface area contributed by atoms with Crippen LogP contribution in [0.15, 0.2) is 18.2 Å². The van der Waals surface area contributed by atoms with Gasteiger partial charge in [0.2, 0.25) is 0 Å². The summed E-state index contributed by atoms with van der Waals surface area (Å²) >= 11 is 0. The Balaban J connectivity index is 2.35. The number of nitrogens with zero attached hydrogens (tertiary/aromatic N) is 1. The fourth-order valence-electron chi connectivity index (χ4n) is 2.75. The van der Waals surface area contributed by atoms with Crippen molar-refractivity contribution in [1.82, 2.24) is 0 Å². The van der Waals surface area contributed by atoms with Gasteiger partial charge in [0.1, 0.15) is 5.82 Å². The minimum atomic E-state index is -0.158. The molecule has 0 aromatic heterocycles. The highest BCUT2D eigenvalue weighted by Crippen LogP contribution is 2.33. The van der Waals surface area contributed by atoms with Crippen LogP contribution in [0.5, 0.6) is 0 Å². The molecule has 1 atom stereocenters. The zero-order valence-electron chi connectivity index (χ0n) is 10.6. The standard InChI is InChI=1S/C14H21FN2/c1-10(16)12-8-5-9-13(15)14(12)17(2)11-6-3-4-7-11/h5,8-11H,3-4,6-7,16H2,1-2H3. The molecule has 1 unspecified atom stereocenters. The van der Waals surface area contributed by atoms with Crippen molar-refractivity contribution in [1.29, 1.82) is 0 Å². The van der Waals surface area contributed by atoms with Crippen LogP contribution in [0.3, 0.4) is 0 Å². The molecule has 0 bridgehead atoms. The second-order valence-electron chi connectivity index (χ2n) is 5.02. The van der Waals surface area contributed by atoms with E-state index in [2.05, 4.69) is 4.90 Å². The van der Waals surface area contributed by atoms with Crippen LogP contribution in [-0.4, -0.2) is 13.1 Å². The molecule has 0 radical (unpaired) electrons. The minimum absolute atomic E-state index is 0.135. The highest BCUT2D eigenvalue weighted by atomic mass is 19.1. The summed E-state index contributed by atoms with van der Waals surface area (Å²) in [6.45, 7) is 1.90. The predicted molar refractivity (Wildman–Crippen MR) is 69.7 cm³/mol. The highest BCUT2D eigenvalue weighted by Gasteiger charge is 2.24. The molecule has 2 rings (SSSR count). The first-order chi connectivity index (χ1) is 8.11. The van der Waals surface area contributed by atoms with Gasteiger partial charge in [-0.3, -0.25) is 0 Å². The van der Waals surface area contributed by atoms with E-state index in [-0.39, 0.29) is 11.9 Å². The van der Waals surface area contributed by atoms with Crippen molar-refractivity contribution in [3.8, 4) is 0 Å². The molecule has 17 heavy (non-hydrogen) atoms. The lowest BCUT2D eigenvalue weighted by molar-refractivity contribution is 0.588. The molecule has 3 heteroatoms. The van der Waals surface area contributed by atoms with E-state index >= 15 is 0 Å². The maximum atomic E-state index is 14.0. The summed E-state index contributed by atoms with van der Waals surface area (Å²) in [4.78, 5) is 2.08. The number of halogens is 1. The van der Waals surface area contributed by atoms with E-state index in [1.54, 1.807) is 6.07 Å². The van der Waals surface area contributed by atoms with Crippen LogP contribution in [-0.2, 0) is 0 Å². The summed E-state index contributed by atoms with van der Waals surface area (Å²) in [7, 11) is 1.99. The number of hydrogen-bond acceptors (Lipinski definition) is 2. The monoisotopic (exact) mass is 236 g/mol. The van der Waals surface area contributed by atoms with Crippen LogP contribution < -0.4 is 10.6 Å². The summed E-state index contributed by atoms with van der Waals surface area (Å²) in [6, 6.07) is 5.51. The molecule has 0 amide bonds. The van der Waals surface area contributed by atoms with E-state index < -0.39 is 0 Å². The molecule has 1 fully saturated rings. The third-order valence-electron chi connectivity index (χ3n) is 3.73. The van der Waals surface area contributed by atoms with E-state index in [9.17, 15) is 4.39 Å². The lowest BCUT2D eigenvalue weighted by Crippen LogP contribution is -2.31. The number of benzene rings is 1. The fraction of sp³-hybridized carbons (Fsp3) is 0.571. The number of rotatable bonds is 3. The van der Waals surface area contributed by atoms with Gasteiger partial charge in [0, 0.05) is 19.1 Å². The van der Waals surface area contributed by atoms with E-state index in [0.717, 1.165) is 18.4 Å². The second kappa shape index (κ2) is 5.05. The number of hydrogen-bond donors (Lipinski definition) is 1. The number of anilines is 1. The Kier molecular flexibility index (Phi) is 3.67. The average Bonchev–Trinajstić information content (AvgIpc) is 2.81. The van der Waals surface area contributed by atoms with Crippen molar-refractivity contribution in [2.45, 2.75) is 44.7 Å². The zero-order chi connectivity index (χ0) is 12.4. The molecule has 0 spiro atoms. The first-order valence-corrected chi connectivity index (χ1v) is 6.38. The molecular formula is C14H21FN2. The van der Waals surface area contributed by atoms with Gasteiger partial charge in [0.05, 0.1) is 5.69 Å². The lowest BCUT2D eigenvalue weighted by atomic mass is 10.0. The highest BCUT2D eigenvalue weighted by molar-refractivity contribution is 5.56. The Morgan fingerprint density at radius 2 is 2.00 bits per heavy atom. The van der Waals surface area contributed by atoms with Gasteiger partial charge in [-0.25, -0.2) is 4.39 Å². The van der Waals surface area contributed by atoms with Gasteiger partial charge in [0.25, 0.3) is 0 Å². The third-order valence-corrected chi connectivity index (χ3v) is 3.73. The molecule has 1 aromatic carbocycles. The summed E-state index contributed by atoms with van der Waals surface area (Å²) in [5.41, 5.74) is 7.52. The van der Waals surface area contributed by atoms with Crippen LogP contribution in [0.1, 0.15) is 44.2 Å². The molecule has 0 saturated heterocycles. The minimum Gasteiger partial charge on any atom is -0.369 e. The largest absolute Gasteiger partial charge is 0.369 e. The van der Waals surface area contributed by atoms with E-state index in [4.69, 9.17) is 5.73 Å². The Bertz CT molecular complexity index is 384. The summed E-state index contributed by atoms with van der Waals surface area (Å²) in [5, 5.41) is 0. The van der Waals surface area contributed by atoms with Gasteiger partial charge in [0.15, 0.2) is 0 Å². The van der Waals surface area contributed by atoms with Crippen molar-refractivity contribution < 1.29 is 4.39 Å². The third kappa shape index (κ3) is 2.44. The molecular weight excluding hydrogens is 215 g/mol. The van der Waals surface area contributed by atoms with Crippen LogP contribution in [0, 0.1) is 5.82 Å². The van der Waals surface area contributed by atoms with Crippen LogP contribution in [0.2, 0.25) is 0 Å². The molecule has 2 nitrogen and oxygen atoms in total. The van der Waals surface area contributed by atoms with Gasteiger partial charge in [-0.15, -0.1) is 0 Å². The first-order valence-electron chi connectivity index (χ1n) is 6.38. The van der Waals surface area contributed by atoms with Gasteiger partial charge in [-0.1, -0.05) is 25.0 Å². The lowest BCUT2D eigenvalue weighted by Gasteiger charge is -2.30. The molecule has 1 aliphatic carbocycles. The topological polar surface area (TPSA) is 29.3 Å². The molecule has 0 aliphatic heterocycles. The average molecular weight is 236 g/mol. The normalized spacial score (nSPS) is 18.4. The van der Waals surface area contributed by atoms with Crippen molar-refractivity contribution >= 4 is 5.69 Å². The molecule has 1 saturated carbocycles. The first kappa shape index (κ1) is 12.4. The Labute approximate surface area is 103 Å². The van der Waals surface area contributed by atoms with Crippen molar-refractivity contribution in [3.63, 3.8) is 0 Å². The molecule has 0 heterocycles. The van der Waals surface area contributed by atoms with Gasteiger partial charge in [-0.2, -0.15) is 0 Å². The second-order valence-corrected chi connectivity index (χ2v) is 5.02. The maximum absolute atomic E-state index is 14.0. The molecule has 2 N–H and O–H groups in total. The van der Waals surface area contributed by atoms with Gasteiger partial charge in [-0.05, 0) is 31.4 Å². The molecule has 94 valence electrons. The van der Waals surface area contributed by atoms with E-state index in [0.29, 0.717) is 11.7 Å². The van der Waals surface area contributed by atoms with Crippen molar-refractivity contribution in [2.75, 3.05) is 11.9 Å². The summed E-state index contributed by atoms with van der Waals surface area (Å²) < 4.78 is 14.0. The summed E-state index contributed by atoms with van der Waals surface area (Å²) in [6.07, 6.45) is 4.81. The smallest absolute Gasteiger partial charge is 0.146 e. The van der Waals surface area contributed by atoms with Crippen LogP contribution in [0.4, 0.5) is 10.1 Å². The number of para-hydroxylation sites is 1. The van der Waals surface area contributed by atoms with E-state index in [1.165, 1.54) is 18.9 Å². The Hall–Kier alpha value is -1.09. The van der Waals surface area contributed by atoms with Crippen LogP contribution >= 0.6 is 0 Å². The molecule has 1 aromatic rings.